The molecule has 0 saturated heterocycles. The number of rotatable bonds is 3. The highest BCUT2D eigenvalue weighted by Crippen LogP contribution is 2.25. The molecule has 0 atom stereocenters. The largest absolute Gasteiger partial charge is 0.439 e. The summed E-state index contributed by atoms with van der Waals surface area (Å²) in [5, 5.41) is 7.64. The molecule has 7 nitrogen and oxygen atoms in total. The van der Waals surface area contributed by atoms with Gasteiger partial charge in [-0.1, -0.05) is 11.6 Å². The van der Waals surface area contributed by atoms with Crippen molar-refractivity contribution in [2.75, 3.05) is 5.73 Å². The van der Waals surface area contributed by atoms with Gasteiger partial charge in [-0.2, -0.15) is 4.98 Å². The number of anilines is 1. The highest BCUT2D eigenvalue weighted by Gasteiger charge is 2.06. The van der Waals surface area contributed by atoms with Gasteiger partial charge in [-0.3, -0.25) is 0 Å². The van der Waals surface area contributed by atoms with Crippen LogP contribution in [0.5, 0.6) is 11.6 Å². The molecule has 8 heteroatoms. The quantitative estimate of drug-likeness (QED) is 0.739. The normalized spacial score (nSPS) is 10.4. The van der Waals surface area contributed by atoms with E-state index < -0.39 is 0 Å². The van der Waals surface area contributed by atoms with E-state index in [1.807, 2.05) is 0 Å². The van der Waals surface area contributed by atoms with Crippen molar-refractivity contribution in [2.24, 2.45) is 0 Å². The minimum absolute atomic E-state index is 0.0509. The molecular weight excluding hydrogens is 282 g/mol. The molecular formula is C12H8ClN5O2. The lowest BCUT2D eigenvalue weighted by molar-refractivity contribution is 0.462. The molecule has 0 aliphatic rings. The molecule has 0 bridgehead atoms. The summed E-state index contributed by atoms with van der Waals surface area (Å²) in [6.45, 7) is 0. The van der Waals surface area contributed by atoms with Crippen LogP contribution >= 0.6 is 11.6 Å². The fraction of sp³-hybridized carbons (Fsp3) is 0. The summed E-state index contributed by atoms with van der Waals surface area (Å²) in [7, 11) is 0. The van der Waals surface area contributed by atoms with Crippen molar-refractivity contribution in [3.8, 4) is 23.1 Å². The number of nitrogen functional groups attached to an aromatic ring is 1. The summed E-state index contributed by atoms with van der Waals surface area (Å²) in [6.07, 6.45) is 1.27. The molecule has 2 heterocycles. The zero-order chi connectivity index (χ0) is 13.9. The second kappa shape index (κ2) is 5.14. The van der Waals surface area contributed by atoms with E-state index in [4.69, 9.17) is 26.5 Å². The van der Waals surface area contributed by atoms with Gasteiger partial charge < -0.3 is 14.9 Å². The lowest BCUT2D eigenvalue weighted by atomic mass is 10.2. The maximum Gasteiger partial charge on any atom is 0.247 e. The van der Waals surface area contributed by atoms with Gasteiger partial charge in [0.1, 0.15) is 10.9 Å². The molecule has 2 aromatic heterocycles. The van der Waals surface area contributed by atoms with Crippen molar-refractivity contribution in [1.82, 2.24) is 20.2 Å². The number of nitrogens with zero attached hydrogens (tertiary/aromatic N) is 4. The number of hydrogen-bond acceptors (Lipinski definition) is 7. The molecule has 3 rings (SSSR count). The summed E-state index contributed by atoms with van der Waals surface area (Å²) in [4.78, 5) is 7.67. The Kier molecular flexibility index (Phi) is 3.18. The zero-order valence-corrected chi connectivity index (χ0v) is 10.8. The summed E-state index contributed by atoms with van der Waals surface area (Å²) < 4.78 is 10.6. The van der Waals surface area contributed by atoms with E-state index in [-0.39, 0.29) is 17.0 Å². The minimum Gasteiger partial charge on any atom is -0.439 e. The number of benzene rings is 1. The van der Waals surface area contributed by atoms with Crippen LogP contribution in [0, 0.1) is 0 Å². The predicted molar refractivity (Wildman–Crippen MR) is 71.3 cm³/mol. The third-order valence-corrected chi connectivity index (χ3v) is 2.57. The van der Waals surface area contributed by atoms with E-state index in [9.17, 15) is 0 Å². The van der Waals surface area contributed by atoms with Crippen molar-refractivity contribution in [2.45, 2.75) is 0 Å². The van der Waals surface area contributed by atoms with Crippen molar-refractivity contribution in [3.05, 3.63) is 41.9 Å². The molecule has 0 saturated carbocycles. The Morgan fingerprint density at radius 1 is 1.15 bits per heavy atom. The number of nitrogens with two attached hydrogens (primary N) is 1. The maximum absolute atomic E-state index is 5.77. The van der Waals surface area contributed by atoms with Crippen LogP contribution in [-0.4, -0.2) is 20.2 Å². The average Bonchev–Trinajstić information content (AvgIpc) is 2.92. The van der Waals surface area contributed by atoms with Crippen LogP contribution in [0.3, 0.4) is 0 Å². The Bertz CT molecular complexity index is 695. The van der Waals surface area contributed by atoms with Gasteiger partial charge in [0.25, 0.3) is 0 Å². The van der Waals surface area contributed by atoms with Gasteiger partial charge in [0.2, 0.25) is 24.1 Å². The predicted octanol–water partition coefficient (Wildman–Crippen LogP) is 2.55. The lowest BCUT2D eigenvalue weighted by Gasteiger charge is -2.05. The van der Waals surface area contributed by atoms with Gasteiger partial charge in [-0.15, -0.1) is 10.2 Å². The Morgan fingerprint density at radius 3 is 2.60 bits per heavy atom. The number of aromatic nitrogens is 4. The van der Waals surface area contributed by atoms with Crippen molar-refractivity contribution >= 4 is 17.5 Å². The van der Waals surface area contributed by atoms with Crippen LogP contribution < -0.4 is 10.5 Å². The first-order valence-electron chi connectivity index (χ1n) is 5.55. The Labute approximate surface area is 118 Å². The highest BCUT2D eigenvalue weighted by atomic mass is 35.5. The van der Waals surface area contributed by atoms with Gasteiger partial charge >= 0.3 is 0 Å². The standard InChI is InChI=1S/C12H8ClN5O2/c13-9-5-10(17-12(14)16-9)20-8-3-1-7(2-4-8)11-18-15-6-19-11/h1-6H,(H2,14,16,17). The minimum atomic E-state index is 0.0509. The van der Waals surface area contributed by atoms with E-state index in [1.165, 1.54) is 12.5 Å². The van der Waals surface area contributed by atoms with Crippen molar-refractivity contribution in [3.63, 3.8) is 0 Å². The molecule has 1 aromatic carbocycles. The summed E-state index contributed by atoms with van der Waals surface area (Å²) in [5.74, 6) is 1.33. The van der Waals surface area contributed by atoms with Crippen molar-refractivity contribution in [1.29, 1.82) is 0 Å². The molecule has 20 heavy (non-hydrogen) atoms. The van der Waals surface area contributed by atoms with E-state index in [0.29, 0.717) is 11.6 Å². The van der Waals surface area contributed by atoms with Gasteiger partial charge in [-0.25, -0.2) is 4.98 Å². The smallest absolute Gasteiger partial charge is 0.247 e. The summed E-state index contributed by atoms with van der Waals surface area (Å²) in [6, 6.07) is 8.53. The maximum atomic E-state index is 5.77. The molecule has 0 amide bonds. The van der Waals surface area contributed by atoms with Crippen molar-refractivity contribution < 1.29 is 9.15 Å². The van der Waals surface area contributed by atoms with Crippen LogP contribution in [0.25, 0.3) is 11.5 Å². The lowest BCUT2D eigenvalue weighted by Crippen LogP contribution is -1.97. The molecule has 0 aliphatic heterocycles. The Hall–Kier alpha value is -2.67. The molecule has 0 aliphatic carbocycles. The molecule has 0 fully saturated rings. The van der Waals surface area contributed by atoms with Crippen LogP contribution in [0.4, 0.5) is 5.95 Å². The van der Waals surface area contributed by atoms with Crippen LogP contribution in [0.2, 0.25) is 5.15 Å². The van der Waals surface area contributed by atoms with Gasteiger partial charge in [0.05, 0.1) is 0 Å². The molecule has 0 radical (unpaired) electrons. The fourth-order valence-electron chi connectivity index (χ4n) is 1.55. The first-order chi connectivity index (χ1) is 9.70. The van der Waals surface area contributed by atoms with E-state index in [0.717, 1.165) is 5.56 Å². The molecule has 0 spiro atoms. The molecule has 3 aromatic rings. The summed E-state index contributed by atoms with van der Waals surface area (Å²) in [5.41, 5.74) is 6.27. The molecule has 2 N–H and O–H groups in total. The number of hydrogen-bond donors (Lipinski definition) is 1. The van der Waals surface area contributed by atoms with Gasteiger partial charge in [0, 0.05) is 11.6 Å². The Morgan fingerprint density at radius 2 is 1.95 bits per heavy atom. The summed E-state index contributed by atoms with van der Waals surface area (Å²) >= 11 is 5.77. The van der Waals surface area contributed by atoms with Crippen LogP contribution in [0.15, 0.2) is 41.1 Å². The molecule has 0 unspecified atom stereocenters. The SMILES string of the molecule is Nc1nc(Cl)cc(Oc2ccc(-c3nnco3)cc2)n1. The van der Waals surface area contributed by atoms with Gasteiger partial charge in [-0.05, 0) is 24.3 Å². The average molecular weight is 290 g/mol. The number of ether oxygens (including phenoxy) is 1. The fourth-order valence-corrected chi connectivity index (χ4v) is 1.73. The van der Waals surface area contributed by atoms with E-state index in [1.54, 1.807) is 24.3 Å². The van der Waals surface area contributed by atoms with E-state index in [2.05, 4.69) is 20.2 Å². The first-order valence-corrected chi connectivity index (χ1v) is 5.93. The number of halogens is 1. The zero-order valence-electron chi connectivity index (χ0n) is 10.0. The second-order valence-corrected chi connectivity index (χ2v) is 4.14. The third kappa shape index (κ3) is 2.67. The monoisotopic (exact) mass is 289 g/mol. The van der Waals surface area contributed by atoms with Crippen LogP contribution in [0.1, 0.15) is 0 Å². The Balaban J connectivity index is 1.81. The van der Waals surface area contributed by atoms with E-state index >= 15 is 0 Å². The van der Waals surface area contributed by atoms with Crippen LogP contribution in [-0.2, 0) is 0 Å². The molecule has 100 valence electrons. The van der Waals surface area contributed by atoms with Gasteiger partial charge in [0.15, 0.2) is 0 Å². The highest BCUT2D eigenvalue weighted by molar-refractivity contribution is 6.29. The first kappa shape index (κ1) is 12.4. The second-order valence-electron chi connectivity index (χ2n) is 3.76. The third-order valence-electron chi connectivity index (χ3n) is 2.37. The topological polar surface area (TPSA) is 100.0 Å².